The summed E-state index contributed by atoms with van der Waals surface area (Å²) in [6.45, 7) is 6.18. The van der Waals surface area contributed by atoms with Crippen LogP contribution >= 0.6 is 22.6 Å². The number of amides is 1. The SMILES string of the molecule is Cc1cc(-n2c(C)cc(C=NNC(=O)c3ccc(O)cc3)c2C)ccc1I. The molecule has 1 amide bonds. The first-order valence-corrected chi connectivity index (χ1v) is 9.52. The van der Waals surface area contributed by atoms with Gasteiger partial charge in [0.1, 0.15) is 5.75 Å². The van der Waals surface area contributed by atoms with E-state index in [9.17, 15) is 9.90 Å². The van der Waals surface area contributed by atoms with Crippen LogP contribution in [-0.2, 0) is 0 Å². The number of aromatic nitrogens is 1. The smallest absolute Gasteiger partial charge is 0.271 e. The molecule has 5 nitrogen and oxygen atoms in total. The van der Waals surface area contributed by atoms with Crippen LogP contribution in [0.25, 0.3) is 5.69 Å². The Labute approximate surface area is 171 Å². The predicted octanol–water partition coefficient (Wildman–Crippen LogP) is 4.48. The van der Waals surface area contributed by atoms with Crippen molar-refractivity contribution in [3.05, 3.63) is 80.2 Å². The summed E-state index contributed by atoms with van der Waals surface area (Å²) < 4.78 is 3.41. The van der Waals surface area contributed by atoms with Gasteiger partial charge in [0.25, 0.3) is 5.91 Å². The molecule has 0 fully saturated rings. The lowest BCUT2D eigenvalue weighted by atomic mass is 10.2. The van der Waals surface area contributed by atoms with E-state index >= 15 is 0 Å². The number of hydrogen-bond acceptors (Lipinski definition) is 3. The zero-order chi connectivity index (χ0) is 19.6. The van der Waals surface area contributed by atoms with Crippen LogP contribution in [0.2, 0.25) is 0 Å². The van der Waals surface area contributed by atoms with Crippen molar-refractivity contribution in [1.82, 2.24) is 9.99 Å². The highest BCUT2D eigenvalue weighted by molar-refractivity contribution is 14.1. The van der Waals surface area contributed by atoms with Crippen LogP contribution in [0.15, 0.2) is 53.6 Å². The van der Waals surface area contributed by atoms with Gasteiger partial charge in [0.15, 0.2) is 0 Å². The second-order valence-electron chi connectivity index (χ2n) is 6.34. The van der Waals surface area contributed by atoms with E-state index in [1.54, 1.807) is 18.3 Å². The third kappa shape index (κ3) is 4.21. The molecule has 0 bridgehead atoms. The summed E-state index contributed by atoms with van der Waals surface area (Å²) >= 11 is 2.33. The molecule has 0 unspecified atom stereocenters. The fraction of sp³-hybridized carbons (Fsp3) is 0.143. The minimum Gasteiger partial charge on any atom is -0.508 e. The number of hydrogen-bond donors (Lipinski definition) is 2. The third-order valence-corrected chi connectivity index (χ3v) is 5.58. The van der Waals surface area contributed by atoms with Crippen LogP contribution in [0.4, 0.5) is 0 Å². The Hall–Kier alpha value is -2.61. The number of phenols is 1. The summed E-state index contributed by atoms with van der Waals surface area (Å²) in [5.41, 5.74) is 8.38. The maximum Gasteiger partial charge on any atom is 0.271 e. The minimum atomic E-state index is -0.326. The van der Waals surface area contributed by atoms with E-state index in [1.165, 1.54) is 21.3 Å². The molecule has 0 radical (unpaired) electrons. The molecule has 0 aliphatic heterocycles. The number of aryl methyl sites for hydroxylation is 2. The van der Waals surface area contributed by atoms with E-state index in [-0.39, 0.29) is 11.7 Å². The van der Waals surface area contributed by atoms with Crippen LogP contribution in [0.3, 0.4) is 0 Å². The number of aromatic hydroxyl groups is 1. The summed E-state index contributed by atoms with van der Waals surface area (Å²) in [5.74, 6) is -0.207. The van der Waals surface area contributed by atoms with E-state index in [2.05, 4.69) is 62.8 Å². The first kappa shape index (κ1) is 19.2. The molecule has 0 atom stereocenters. The predicted molar refractivity (Wildman–Crippen MR) is 116 cm³/mol. The number of benzene rings is 2. The summed E-state index contributed by atoms with van der Waals surface area (Å²) in [6.07, 6.45) is 1.65. The molecule has 3 aromatic rings. The van der Waals surface area contributed by atoms with Gasteiger partial charge in [0.2, 0.25) is 0 Å². The molecule has 3 rings (SSSR count). The number of carbonyl (C=O) groups excluding carboxylic acids is 1. The Morgan fingerprint density at radius 2 is 1.81 bits per heavy atom. The molecule has 1 aromatic heterocycles. The lowest BCUT2D eigenvalue weighted by Gasteiger charge is -2.11. The number of nitrogens with zero attached hydrogens (tertiary/aromatic N) is 2. The Morgan fingerprint density at radius 3 is 2.48 bits per heavy atom. The normalized spacial score (nSPS) is 11.1. The molecule has 0 aliphatic carbocycles. The minimum absolute atomic E-state index is 0.119. The van der Waals surface area contributed by atoms with Gasteiger partial charge in [0.05, 0.1) is 6.21 Å². The Kier molecular flexibility index (Phi) is 5.65. The summed E-state index contributed by atoms with van der Waals surface area (Å²) in [4.78, 5) is 12.1. The topological polar surface area (TPSA) is 66.6 Å². The second kappa shape index (κ2) is 7.96. The largest absolute Gasteiger partial charge is 0.508 e. The number of carbonyl (C=O) groups is 1. The lowest BCUT2D eigenvalue weighted by molar-refractivity contribution is 0.0955. The van der Waals surface area contributed by atoms with Gasteiger partial charge in [-0.25, -0.2) is 5.43 Å². The molecule has 0 saturated heterocycles. The average molecular weight is 473 g/mol. The molecular weight excluding hydrogens is 453 g/mol. The molecule has 2 N–H and O–H groups in total. The monoisotopic (exact) mass is 473 g/mol. The Morgan fingerprint density at radius 1 is 1.11 bits per heavy atom. The molecule has 27 heavy (non-hydrogen) atoms. The molecule has 138 valence electrons. The number of phenolic OH excluding ortho intramolecular Hbond substituents is 1. The zero-order valence-corrected chi connectivity index (χ0v) is 17.5. The number of nitrogens with one attached hydrogen (secondary N) is 1. The van der Waals surface area contributed by atoms with Crippen LogP contribution in [0.5, 0.6) is 5.75 Å². The van der Waals surface area contributed by atoms with E-state index < -0.39 is 0 Å². The molecule has 6 heteroatoms. The Balaban J connectivity index is 1.79. The van der Waals surface area contributed by atoms with E-state index in [1.807, 2.05) is 19.9 Å². The van der Waals surface area contributed by atoms with Crippen molar-refractivity contribution in [2.24, 2.45) is 5.10 Å². The van der Waals surface area contributed by atoms with Gasteiger partial charge in [-0.3, -0.25) is 4.79 Å². The molecule has 1 heterocycles. The van der Waals surface area contributed by atoms with Gasteiger partial charge in [-0.05, 0) is 97.5 Å². The van der Waals surface area contributed by atoms with Crippen LogP contribution in [0.1, 0.15) is 32.9 Å². The van der Waals surface area contributed by atoms with Crippen molar-refractivity contribution in [3.8, 4) is 11.4 Å². The first-order valence-electron chi connectivity index (χ1n) is 8.44. The molecule has 0 spiro atoms. The Bertz CT molecular complexity index is 1020. The molecular formula is C21H20IN3O2. The quantitative estimate of drug-likeness (QED) is 0.334. The standard InChI is InChI=1S/C21H20IN3O2/c1-13-10-18(6-9-20(13)22)25-14(2)11-17(15(25)3)12-23-24-21(27)16-4-7-19(26)8-5-16/h4-12,26H,1-3H3,(H,24,27). The van der Waals surface area contributed by atoms with Crippen molar-refractivity contribution < 1.29 is 9.90 Å². The molecule has 0 saturated carbocycles. The van der Waals surface area contributed by atoms with Gasteiger partial charge in [0, 0.05) is 31.8 Å². The van der Waals surface area contributed by atoms with Crippen molar-refractivity contribution in [1.29, 1.82) is 0 Å². The summed E-state index contributed by atoms with van der Waals surface area (Å²) in [5, 5.41) is 13.4. The number of hydrazone groups is 1. The van der Waals surface area contributed by atoms with Gasteiger partial charge < -0.3 is 9.67 Å². The summed E-state index contributed by atoms with van der Waals surface area (Å²) in [6, 6.07) is 14.4. The fourth-order valence-corrected chi connectivity index (χ4v) is 3.26. The van der Waals surface area contributed by atoms with E-state index in [0.717, 1.165) is 22.6 Å². The first-order chi connectivity index (χ1) is 12.9. The third-order valence-electron chi connectivity index (χ3n) is 4.37. The van der Waals surface area contributed by atoms with Crippen LogP contribution < -0.4 is 5.43 Å². The van der Waals surface area contributed by atoms with Crippen molar-refractivity contribution >= 4 is 34.7 Å². The highest BCUT2D eigenvalue weighted by Gasteiger charge is 2.10. The maximum atomic E-state index is 12.1. The number of halogens is 1. The van der Waals surface area contributed by atoms with Gasteiger partial charge >= 0.3 is 0 Å². The molecule has 2 aromatic carbocycles. The lowest BCUT2D eigenvalue weighted by Crippen LogP contribution is -2.17. The van der Waals surface area contributed by atoms with E-state index in [4.69, 9.17) is 0 Å². The average Bonchev–Trinajstić information content (AvgIpc) is 2.92. The molecule has 0 aliphatic rings. The van der Waals surface area contributed by atoms with Gasteiger partial charge in [-0.15, -0.1) is 0 Å². The van der Waals surface area contributed by atoms with Crippen molar-refractivity contribution in [2.75, 3.05) is 0 Å². The van der Waals surface area contributed by atoms with Crippen LogP contribution in [-0.4, -0.2) is 21.8 Å². The van der Waals surface area contributed by atoms with Crippen LogP contribution in [0, 0.1) is 24.3 Å². The highest BCUT2D eigenvalue weighted by atomic mass is 127. The van der Waals surface area contributed by atoms with Gasteiger partial charge in [-0.2, -0.15) is 5.10 Å². The van der Waals surface area contributed by atoms with Gasteiger partial charge in [-0.1, -0.05) is 0 Å². The summed E-state index contributed by atoms with van der Waals surface area (Å²) in [7, 11) is 0. The fourth-order valence-electron chi connectivity index (χ4n) is 2.92. The van der Waals surface area contributed by atoms with Crippen molar-refractivity contribution in [2.45, 2.75) is 20.8 Å². The van der Waals surface area contributed by atoms with E-state index in [0.29, 0.717) is 5.56 Å². The number of rotatable bonds is 4. The second-order valence-corrected chi connectivity index (χ2v) is 7.50. The highest BCUT2D eigenvalue weighted by Crippen LogP contribution is 2.22. The maximum absolute atomic E-state index is 12.1. The van der Waals surface area contributed by atoms with Crippen molar-refractivity contribution in [3.63, 3.8) is 0 Å². The zero-order valence-electron chi connectivity index (χ0n) is 15.3.